The average molecular weight is 455 g/mol. The molecule has 0 aliphatic carbocycles. The highest BCUT2D eigenvalue weighted by molar-refractivity contribution is 5.97. The van der Waals surface area contributed by atoms with E-state index in [0.717, 1.165) is 24.0 Å². The van der Waals surface area contributed by atoms with Gasteiger partial charge in [-0.25, -0.2) is 4.98 Å². The molecule has 0 spiro atoms. The first-order chi connectivity index (χ1) is 16.7. The van der Waals surface area contributed by atoms with E-state index in [4.69, 9.17) is 4.42 Å². The van der Waals surface area contributed by atoms with Gasteiger partial charge in [-0.05, 0) is 60.7 Å². The first-order valence-electron chi connectivity index (χ1n) is 11.6. The van der Waals surface area contributed by atoms with Crippen LogP contribution < -0.4 is 5.32 Å². The van der Waals surface area contributed by atoms with E-state index in [-0.39, 0.29) is 17.7 Å². The van der Waals surface area contributed by atoms with Crippen molar-refractivity contribution in [2.75, 3.05) is 13.1 Å². The largest absolute Gasteiger partial charge is 0.436 e. The van der Waals surface area contributed by atoms with E-state index in [1.54, 1.807) is 30.6 Å². The van der Waals surface area contributed by atoms with Crippen LogP contribution in [0.2, 0.25) is 0 Å². The number of oxazole rings is 1. The minimum atomic E-state index is -0.00867. The summed E-state index contributed by atoms with van der Waals surface area (Å²) in [6, 6.07) is 18.9. The van der Waals surface area contributed by atoms with Crippen molar-refractivity contribution in [3.8, 4) is 11.5 Å². The highest BCUT2D eigenvalue weighted by atomic mass is 16.3. The number of nitrogens with zero attached hydrogens (tertiary/aromatic N) is 3. The number of aromatic nitrogens is 2. The molecule has 1 aliphatic rings. The third-order valence-corrected chi connectivity index (χ3v) is 6.24. The third-order valence-electron chi connectivity index (χ3n) is 6.24. The fourth-order valence-electron chi connectivity index (χ4n) is 4.33. The summed E-state index contributed by atoms with van der Waals surface area (Å²) in [5.41, 5.74) is 3.82. The standard InChI is InChI=1S/C27H26N4O3/c32-25(29-18-20-5-4-12-28-17-20)15-19-10-13-31(14-11-19)27(33)22-8-9-24-23(16-22)30-26(34-24)21-6-2-1-3-7-21/h1-9,12,16-17,19H,10-11,13-15,18H2,(H,29,32). The van der Waals surface area contributed by atoms with Gasteiger partial charge in [-0.1, -0.05) is 24.3 Å². The van der Waals surface area contributed by atoms with Crippen molar-refractivity contribution in [2.45, 2.75) is 25.8 Å². The molecule has 0 radical (unpaired) electrons. The number of piperidine rings is 1. The molecule has 0 atom stereocenters. The van der Waals surface area contributed by atoms with Gasteiger partial charge in [-0.2, -0.15) is 0 Å². The van der Waals surface area contributed by atoms with Crippen molar-refractivity contribution < 1.29 is 14.0 Å². The van der Waals surface area contributed by atoms with E-state index in [1.807, 2.05) is 47.4 Å². The summed E-state index contributed by atoms with van der Waals surface area (Å²) in [7, 11) is 0. The maximum Gasteiger partial charge on any atom is 0.253 e. The third kappa shape index (κ3) is 4.98. The fraction of sp³-hybridized carbons (Fsp3) is 0.259. The van der Waals surface area contributed by atoms with Gasteiger partial charge in [0.25, 0.3) is 5.91 Å². The number of fused-ring (bicyclic) bond motifs is 1. The molecular formula is C27H26N4O3. The van der Waals surface area contributed by atoms with Crippen molar-refractivity contribution in [1.82, 2.24) is 20.2 Å². The molecule has 1 N–H and O–H groups in total. The molecule has 7 nitrogen and oxygen atoms in total. The Labute approximate surface area is 197 Å². The predicted octanol–water partition coefficient (Wildman–Crippen LogP) is 4.45. The molecule has 0 saturated carbocycles. The molecule has 2 aromatic carbocycles. The predicted molar refractivity (Wildman–Crippen MR) is 129 cm³/mol. The molecule has 1 aliphatic heterocycles. The molecular weight excluding hydrogens is 428 g/mol. The number of hydrogen-bond donors (Lipinski definition) is 1. The van der Waals surface area contributed by atoms with Gasteiger partial charge in [0.1, 0.15) is 5.52 Å². The van der Waals surface area contributed by atoms with E-state index in [1.165, 1.54) is 0 Å². The number of hydrogen-bond acceptors (Lipinski definition) is 5. The summed E-state index contributed by atoms with van der Waals surface area (Å²) >= 11 is 0. The van der Waals surface area contributed by atoms with E-state index in [0.29, 0.717) is 48.6 Å². The van der Waals surface area contributed by atoms with E-state index in [2.05, 4.69) is 15.3 Å². The Bertz CT molecular complexity index is 1280. The van der Waals surface area contributed by atoms with Crippen LogP contribution in [0, 0.1) is 5.92 Å². The SMILES string of the molecule is O=C(CC1CCN(C(=O)c2ccc3oc(-c4ccccc4)nc3c2)CC1)NCc1cccnc1. The number of benzene rings is 2. The average Bonchev–Trinajstić information content (AvgIpc) is 3.32. The van der Waals surface area contributed by atoms with Gasteiger partial charge in [0.05, 0.1) is 0 Å². The Balaban J connectivity index is 1.16. The van der Waals surface area contributed by atoms with Crippen LogP contribution in [0.5, 0.6) is 0 Å². The Kier molecular flexibility index (Phi) is 6.33. The van der Waals surface area contributed by atoms with Crippen LogP contribution >= 0.6 is 0 Å². The zero-order valence-electron chi connectivity index (χ0n) is 18.8. The highest BCUT2D eigenvalue weighted by Crippen LogP contribution is 2.26. The van der Waals surface area contributed by atoms with E-state index >= 15 is 0 Å². The number of likely N-dealkylation sites (tertiary alicyclic amines) is 1. The van der Waals surface area contributed by atoms with Gasteiger partial charge < -0.3 is 14.6 Å². The van der Waals surface area contributed by atoms with Crippen LogP contribution in [0.4, 0.5) is 0 Å². The summed E-state index contributed by atoms with van der Waals surface area (Å²) in [6.07, 6.45) is 5.58. The first-order valence-corrected chi connectivity index (χ1v) is 11.6. The van der Waals surface area contributed by atoms with Gasteiger partial charge in [-0.15, -0.1) is 0 Å². The van der Waals surface area contributed by atoms with Gasteiger partial charge in [0, 0.05) is 49.6 Å². The molecule has 3 heterocycles. The maximum absolute atomic E-state index is 13.1. The lowest BCUT2D eigenvalue weighted by molar-refractivity contribution is -0.122. The number of pyridine rings is 1. The summed E-state index contributed by atoms with van der Waals surface area (Å²) in [4.78, 5) is 35.9. The summed E-state index contributed by atoms with van der Waals surface area (Å²) in [5, 5.41) is 2.96. The summed E-state index contributed by atoms with van der Waals surface area (Å²) in [6.45, 7) is 1.78. The molecule has 5 rings (SSSR count). The van der Waals surface area contributed by atoms with Crippen LogP contribution in [0.25, 0.3) is 22.6 Å². The minimum absolute atomic E-state index is 0.00867. The molecule has 34 heavy (non-hydrogen) atoms. The van der Waals surface area contributed by atoms with Crippen molar-refractivity contribution >= 4 is 22.9 Å². The van der Waals surface area contributed by atoms with Crippen molar-refractivity contribution in [1.29, 1.82) is 0 Å². The zero-order valence-corrected chi connectivity index (χ0v) is 18.8. The number of rotatable bonds is 6. The molecule has 1 fully saturated rings. The van der Waals surface area contributed by atoms with Crippen LogP contribution in [-0.2, 0) is 11.3 Å². The van der Waals surface area contributed by atoms with Crippen LogP contribution in [0.1, 0.15) is 35.2 Å². The lowest BCUT2D eigenvalue weighted by atomic mass is 9.93. The molecule has 172 valence electrons. The molecule has 2 amide bonds. The molecule has 4 aromatic rings. The van der Waals surface area contributed by atoms with Crippen molar-refractivity contribution in [2.24, 2.45) is 5.92 Å². The summed E-state index contributed by atoms with van der Waals surface area (Å²) in [5.74, 6) is 0.859. The van der Waals surface area contributed by atoms with Gasteiger partial charge >= 0.3 is 0 Å². The van der Waals surface area contributed by atoms with Gasteiger partial charge in [-0.3, -0.25) is 14.6 Å². The number of nitrogens with one attached hydrogen (secondary N) is 1. The second-order valence-electron chi connectivity index (χ2n) is 8.65. The molecule has 7 heteroatoms. The smallest absolute Gasteiger partial charge is 0.253 e. The quantitative estimate of drug-likeness (QED) is 0.465. The molecule has 1 saturated heterocycles. The normalized spacial score (nSPS) is 14.3. The minimum Gasteiger partial charge on any atom is -0.436 e. The van der Waals surface area contributed by atoms with E-state index < -0.39 is 0 Å². The summed E-state index contributed by atoms with van der Waals surface area (Å²) < 4.78 is 5.86. The molecule has 2 aromatic heterocycles. The van der Waals surface area contributed by atoms with E-state index in [9.17, 15) is 9.59 Å². The Morgan fingerprint density at radius 1 is 1.03 bits per heavy atom. The Morgan fingerprint density at radius 3 is 2.62 bits per heavy atom. The van der Waals surface area contributed by atoms with Crippen LogP contribution in [0.3, 0.4) is 0 Å². The van der Waals surface area contributed by atoms with Crippen molar-refractivity contribution in [3.05, 3.63) is 84.2 Å². The Morgan fingerprint density at radius 2 is 1.85 bits per heavy atom. The fourth-order valence-corrected chi connectivity index (χ4v) is 4.33. The lowest BCUT2D eigenvalue weighted by Gasteiger charge is -2.31. The number of amides is 2. The second-order valence-corrected chi connectivity index (χ2v) is 8.65. The maximum atomic E-state index is 13.1. The van der Waals surface area contributed by atoms with Crippen LogP contribution in [0.15, 0.2) is 77.5 Å². The molecule has 0 unspecified atom stereocenters. The number of carbonyl (C=O) groups excluding carboxylic acids is 2. The van der Waals surface area contributed by atoms with Gasteiger partial charge in [0.15, 0.2) is 5.58 Å². The topological polar surface area (TPSA) is 88.3 Å². The Hall–Kier alpha value is -4.00. The zero-order chi connectivity index (χ0) is 23.3. The number of carbonyl (C=O) groups is 2. The monoisotopic (exact) mass is 454 g/mol. The first kappa shape index (κ1) is 21.8. The highest BCUT2D eigenvalue weighted by Gasteiger charge is 2.25. The lowest BCUT2D eigenvalue weighted by Crippen LogP contribution is -2.39. The molecule has 0 bridgehead atoms. The van der Waals surface area contributed by atoms with Crippen LogP contribution in [-0.4, -0.2) is 39.8 Å². The van der Waals surface area contributed by atoms with Crippen molar-refractivity contribution in [3.63, 3.8) is 0 Å². The van der Waals surface area contributed by atoms with Gasteiger partial charge in [0.2, 0.25) is 11.8 Å². The second kappa shape index (κ2) is 9.87.